The number of pyridine rings is 1. The third kappa shape index (κ3) is 2.94. The van der Waals surface area contributed by atoms with E-state index in [1.807, 2.05) is 0 Å². The quantitative estimate of drug-likeness (QED) is 0.898. The molecule has 0 saturated carbocycles. The molecule has 0 bridgehead atoms. The van der Waals surface area contributed by atoms with Crippen LogP contribution in [0.5, 0.6) is 5.75 Å². The van der Waals surface area contributed by atoms with E-state index in [1.54, 1.807) is 12.1 Å². The zero-order chi connectivity index (χ0) is 17.1. The van der Waals surface area contributed by atoms with E-state index in [2.05, 4.69) is 9.72 Å². The summed E-state index contributed by atoms with van der Waals surface area (Å²) in [5, 5.41) is 18.2. The molecule has 0 fully saturated rings. The third-order valence-electron chi connectivity index (χ3n) is 2.90. The van der Waals surface area contributed by atoms with E-state index in [1.165, 1.54) is 0 Å². The van der Waals surface area contributed by atoms with Gasteiger partial charge < -0.3 is 15.5 Å². The Morgan fingerprint density at radius 1 is 1.22 bits per heavy atom. The minimum Gasteiger partial charge on any atom is -0.435 e. The molecule has 1 heterocycles. The first-order valence-corrected chi connectivity index (χ1v) is 5.99. The lowest BCUT2D eigenvalue weighted by atomic mass is 9.96. The number of nitrogens with one attached hydrogen (secondary N) is 1. The Morgan fingerprint density at radius 3 is 2.39 bits per heavy atom. The number of nitrogen functional groups attached to an aromatic ring is 1. The molecule has 116 valence electrons. The van der Waals surface area contributed by atoms with Crippen LogP contribution in [0.4, 0.5) is 19.0 Å². The molecule has 1 aromatic carbocycles. The van der Waals surface area contributed by atoms with Crippen molar-refractivity contribution in [3.05, 3.63) is 45.5 Å². The third-order valence-corrected chi connectivity index (χ3v) is 2.90. The van der Waals surface area contributed by atoms with Gasteiger partial charge in [-0.3, -0.25) is 4.79 Å². The fourth-order valence-corrected chi connectivity index (χ4v) is 1.99. The van der Waals surface area contributed by atoms with Crippen molar-refractivity contribution in [3.63, 3.8) is 0 Å². The molecule has 3 N–H and O–H groups in total. The number of benzene rings is 1. The lowest BCUT2D eigenvalue weighted by molar-refractivity contribution is -0.0499. The van der Waals surface area contributed by atoms with Crippen LogP contribution < -0.4 is 16.0 Å². The van der Waals surface area contributed by atoms with Gasteiger partial charge in [-0.05, 0) is 12.1 Å². The highest BCUT2D eigenvalue weighted by molar-refractivity contribution is 5.80. The number of aromatic amines is 1. The number of hydrogen-bond acceptors (Lipinski definition) is 5. The second-order valence-corrected chi connectivity index (χ2v) is 4.24. The maximum absolute atomic E-state index is 14.2. The number of aromatic nitrogens is 1. The summed E-state index contributed by atoms with van der Waals surface area (Å²) in [4.78, 5) is 13.9. The summed E-state index contributed by atoms with van der Waals surface area (Å²) >= 11 is 0. The Labute approximate surface area is 127 Å². The van der Waals surface area contributed by atoms with Gasteiger partial charge in [0.1, 0.15) is 40.6 Å². The Hall–Kier alpha value is -3.46. The highest BCUT2D eigenvalue weighted by atomic mass is 19.3. The minimum absolute atomic E-state index is 0.303. The van der Waals surface area contributed by atoms with Gasteiger partial charge >= 0.3 is 6.61 Å². The molecule has 0 atom stereocenters. The van der Waals surface area contributed by atoms with Crippen LogP contribution in [0.15, 0.2) is 23.0 Å². The van der Waals surface area contributed by atoms with Crippen molar-refractivity contribution in [1.29, 1.82) is 10.5 Å². The molecule has 0 aliphatic heterocycles. The molecule has 2 rings (SSSR count). The van der Waals surface area contributed by atoms with Crippen molar-refractivity contribution in [2.75, 3.05) is 5.73 Å². The number of nitriles is 2. The van der Waals surface area contributed by atoms with Crippen molar-refractivity contribution in [2.45, 2.75) is 6.61 Å². The van der Waals surface area contributed by atoms with E-state index in [0.29, 0.717) is 6.07 Å². The van der Waals surface area contributed by atoms with Gasteiger partial charge in [0.05, 0.1) is 0 Å². The summed E-state index contributed by atoms with van der Waals surface area (Å²) < 4.78 is 42.5. The molecule has 0 aliphatic carbocycles. The van der Waals surface area contributed by atoms with Crippen LogP contribution in [0.25, 0.3) is 11.1 Å². The smallest absolute Gasteiger partial charge is 0.387 e. The summed E-state index contributed by atoms with van der Waals surface area (Å²) in [6.45, 7) is -3.14. The molecule has 0 unspecified atom stereocenters. The van der Waals surface area contributed by atoms with E-state index in [9.17, 15) is 18.0 Å². The first kappa shape index (κ1) is 15.9. The van der Waals surface area contributed by atoms with Gasteiger partial charge in [-0.2, -0.15) is 19.3 Å². The Balaban J connectivity index is 2.75. The zero-order valence-electron chi connectivity index (χ0n) is 11.2. The molecule has 0 spiro atoms. The van der Waals surface area contributed by atoms with Crippen LogP contribution in [0.3, 0.4) is 0 Å². The number of nitrogens with zero attached hydrogens (tertiary/aromatic N) is 2. The second-order valence-electron chi connectivity index (χ2n) is 4.24. The molecule has 2 aromatic rings. The van der Waals surface area contributed by atoms with Gasteiger partial charge in [-0.15, -0.1) is 0 Å². The predicted molar refractivity (Wildman–Crippen MR) is 72.9 cm³/mol. The summed E-state index contributed by atoms with van der Waals surface area (Å²) in [6, 6.07) is 5.93. The lowest BCUT2D eigenvalue weighted by Gasteiger charge is -2.11. The maximum Gasteiger partial charge on any atom is 0.387 e. The molecule has 0 aliphatic rings. The van der Waals surface area contributed by atoms with E-state index in [0.717, 1.165) is 12.1 Å². The van der Waals surface area contributed by atoms with Crippen molar-refractivity contribution in [2.24, 2.45) is 0 Å². The normalized spacial score (nSPS) is 10.2. The Kier molecular flexibility index (Phi) is 4.23. The van der Waals surface area contributed by atoms with E-state index in [-0.39, 0.29) is 22.5 Å². The number of hydrogen-bond donors (Lipinski definition) is 2. The second kappa shape index (κ2) is 6.12. The van der Waals surface area contributed by atoms with E-state index < -0.39 is 29.3 Å². The maximum atomic E-state index is 14.2. The van der Waals surface area contributed by atoms with Gasteiger partial charge in [-0.25, -0.2) is 4.39 Å². The van der Waals surface area contributed by atoms with E-state index >= 15 is 0 Å². The first-order chi connectivity index (χ1) is 10.9. The highest BCUT2D eigenvalue weighted by Gasteiger charge is 2.21. The molecule has 0 saturated heterocycles. The number of nitrogens with two attached hydrogens (primary N) is 1. The number of ether oxygens (including phenoxy) is 1. The largest absolute Gasteiger partial charge is 0.435 e. The van der Waals surface area contributed by atoms with Gasteiger partial charge in [0.25, 0.3) is 5.56 Å². The molecular formula is C14H7F3N4O2. The van der Waals surface area contributed by atoms with Crippen LogP contribution >= 0.6 is 0 Å². The van der Waals surface area contributed by atoms with Gasteiger partial charge in [-0.1, -0.05) is 0 Å². The zero-order valence-corrected chi connectivity index (χ0v) is 11.2. The number of H-pyrrole nitrogens is 1. The molecule has 23 heavy (non-hydrogen) atoms. The summed E-state index contributed by atoms with van der Waals surface area (Å²) in [5.74, 6) is -1.84. The van der Waals surface area contributed by atoms with E-state index in [4.69, 9.17) is 16.3 Å². The summed E-state index contributed by atoms with van der Waals surface area (Å²) in [6.07, 6.45) is 0. The van der Waals surface area contributed by atoms with Gasteiger partial charge in [0, 0.05) is 17.2 Å². The number of halogens is 3. The van der Waals surface area contributed by atoms with Crippen molar-refractivity contribution in [3.8, 4) is 29.0 Å². The summed E-state index contributed by atoms with van der Waals surface area (Å²) in [7, 11) is 0. The minimum atomic E-state index is -3.14. The fraction of sp³-hybridized carbons (Fsp3) is 0.0714. The first-order valence-electron chi connectivity index (χ1n) is 5.99. The molecule has 9 heteroatoms. The molecule has 0 radical (unpaired) electrons. The molecule has 0 amide bonds. The lowest BCUT2D eigenvalue weighted by Crippen LogP contribution is -2.16. The standard InChI is InChI=1S/C14H7F3N4O2/c15-10-3-6(23-14(16)17)1-2-7(10)11-8(4-18)12(20)21-13(22)9(11)5-19/h1-3,14H,(H3,20,21,22). The van der Waals surface area contributed by atoms with Gasteiger partial charge in [0.15, 0.2) is 0 Å². The molecule has 6 nitrogen and oxygen atoms in total. The van der Waals surface area contributed by atoms with Crippen LogP contribution in [-0.2, 0) is 0 Å². The monoisotopic (exact) mass is 320 g/mol. The fourth-order valence-electron chi connectivity index (χ4n) is 1.99. The molecule has 1 aromatic heterocycles. The van der Waals surface area contributed by atoms with Crippen LogP contribution in [0.1, 0.15) is 11.1 Å². The Morgan fingerprint density at radius 2 is 1.87 bits per heavy atom. The highest BCUT2D eigenvalue weighted by Crippen LogP contribution is 2.32. The topological polar surface area (TPSA) is 116 Å². The number of anilines is 1. The average Bonchev–Trinajstić information content (AvgIpc) is 2.46. The number of alkyl halides is 2. The summed E-state index contributed by atoms with van der Waals surface area (Å²) in [5.41, 5.74) is 3.17. The van der Waals surface area contributed by atoms with Crippen molar-refractivity contribution >= 4 is 5.82 Å². The van der Waals surface area contributed by atoms with Crippen LogP contribution in [-0.4, -0.2) is 11.6 Å². The van der Waals surface area contributed by atoms with Gasteiger partial charge in [0.2, 0.25) is 0 Å². The van der Waals surface area contributed by atoms with Crippen LogP contribution in [0.2, 0.25) is 0 Å². The Bertz CT molecular complexity index is 910. The SMILES string of the molecule is N#Cc1c(N)[nH]c(=O)c(C#N)c1-c1ccc(OC(F)F)cc1F. The van der Waals surface area contributed by atoms with Crippen LogP contribution in [0, 0.1) is 28.5 Å². The average molecular weight is 320 g/mol. The van der Waals surface area contributed by atoms with Crippen molar-refractivity contribution < 1.29 is 17.9 Å². The predicted octanol–water partition coefficient (Wildman–Crippen LogP) is 2.11. The number of rotatable bonds is 3. The molecular weight excluding hydrogens is 313 g/mol. The van der Waals surface area contributed by atoms with Crippen molar-refractivity contribution in [1.82, 2.24) is 4.98 Å².